The maximum Gasteiger partial charge on any atom is 0.0703 e. The second kappa shape index (κ2) is 15.7. The zero-order chi connectivity index (χ0) is 42.4. The number of anilines is 6. The SMILES string of the molecule is C(=C\c1ccc2cc(N(c3ccc4ccccc4c3)c3cnc4ccccc4c3)ccc2c1)/c1ccc2cc(N(c3ccc4ccccc4c3)c3cnc4ccccc4c3)ccc2c1. The molecule has 0 saturated heterocycles. The highest BCUT2D eigenvalue weighted by molar-refractivity contribution is 5.97. The standard InChI is InChI=1S/C60H40N4/c1-3-11-45-33-53(27-23-43(45)9-1)63(57-37-51-13-5-7-15-59(51)61-39-57)55-29-25-47-31-41(19-21-49(47)35-55)17-18-42-20-22-50-36-56(30-26-48(50)32-42)64(54-28-24-44-10-2-4-12-46(44)34-54)58-38-52-14-6-8-16-60(52)62-40-58/h1-40H/b18-17+. The number of nitrogens with zero attached hydrogens (tertiary/aromatic N) is 4. The molecule has 0 unspecified atom stereocenters. The van der Waals surface area contributed by atoms with Gasteiger partial charge >= 0.3 is 0 Å². The molecule has 0 radical (unpaired) electrons. The van der Waals surface area contributed by atoms with Crippen molar-refractivity contribution in [2.45, 2.75) is 0 Å². The fraction of sp³-hybridized carbons (Fsp3) is 0. The lowest BCUT2D eigenvalue weighted by molar-refractivity contribution is 1.26. The van der Waals surface area contributed by atoms with Crippen LogP contribution in [0.5, 0.6) is 0 Å². The van der Waals surface area contributed by atoms with Crippen LogP contribution in [-0.4, -0.2) is 9.97 Å². The Labute approximate surface area is 371 Å². The Morgan fingerprint density at radius 3 is 0.969 bits per heavy atom. The fourth-order valence-corrected chi connectivity index (χ4v) is 9.07. The van der Waals surface area contributed by atoms with Crippen molar-refractivity contribution in [1.82, 2.24) is 9.97 Å². The maximum absolute atomic E-state index is 4.85. The van der Waals surface area contributed by atoms with E-state index in [1.807, 2.05) is 24.5 Å². The van der Waals surface area contributed by atoms with Gasteiger partial charge in [0.25, 0.3) is 0 Å². The van der Waals surface area contributed by atoms with Gasteiger partial charge in [0, 0.05) is 33.5 Å². The first kappa shape index (κ1) is 37.2. The predicted molar refractivity (Wildman–Crippen MR) is 272 cm³/mol. The molecule has 0 bridgehead atoms. The van der Waals surface area contributed by atoms with E-state index in [4.69, 9.17) is 9.97 Å². The lowest BCUT2D eigenvalue weighted by Gasteiger charge is -2.26. The van der Waals surface area contributed by atoms with E-state index in [2.05, 4.69) is 228 Å². The predicted octanol–water partition coefficient (Wildman–Crippen LogP) is 16.5. The second-order valence-electron chi connectivity index (χ2n) is 16.4. The van der Waals surface area contributed by atoms with E-state index in [-0.39, 0.29) is 0 Å². The lowest BCUT2D eigenvalue weighted by atomic mass is 10.0. The van der Waals surface area contributed by atoms with Crippen LogP contribution in [-0.2, 0) is 0 Å². The molecule has 12 aromatic rings. The summed E-state index contributed by atoms with van der Waals surface area (Å²) in [7, 11) is 0. The van der Waals surface area contributed by atoms with Crippen molar-refractivity contribution in [1.29, 1.82) is 0 Å². The number of benzene rings is 10. The Hall–Kier alpha value is -8.60. The third-order valence-corrected chi connectivity index (χ3v) is 12.3. The van der Waals surface area contributed by atoms with Gasteiger partial charge < -0.3 is 9.80 Å². The van der Waals surface area contributed by atoms with E-state index >= 15 is 0 Å². The molecule has 0 amide bonds. The molecule has 0 saturated carbocycles. The molecule has 0 fully saturated rings. The monoisotopic (exact) mass is 816 g/mol. The van der Waals surface area contributed by atoms with E-state index in [0.29, 0.717) is 0 Å². The lowest BCUT2D eigenvalue weighted by Crippen LogP contribution is -2.10. The summed E-state index contributed by atoms with van der Waals surface area (Å²) in [6.07, 6.45) is 8.37. The first-order chi connectivity index (χ1) is 31.6. The number of hydrogen-bond donors (Lipinski definition) is 0. The van der Waals surface area contributed by atoms with Crippen LogP contribution in [0.4, 0.5) is 34.1 Å². The van der Waals surface area contributed by atoms with Crippen molar-refractivity contribution in [2.75, 3.05) is 9.80 Å². The number of aromatic nitrogens is 2. The number of hydrogen-bond acceptors (Lipinski definition) is 4. The average Bonchev–Trinajstić information content (AvgIpc) is 3.35. The van der Waals surface area contributed by atoms with E-state index < -0.39 is 0 Å². The van der Waals surface area contributed by atoms with Crippen LogP contribution < -0.4 is 9.80 Å². The Morgan fingerprint density at radius 1 is 0.250 bits per heavy atom. The van der Waals surface area contributed by atoms with Gasteiger partial charge in [0.2, 0.25) is 0 Å². The minimum absolute atomic E-state index is 0.983. The van der Waals surface area contributed by atoms with Crippen molar-refractivity contribution >= 4 is 111 Å². The number of pyridine rings is 2. The van der Waals surface area contributed by atoms with Crippen molar-refractivity contribution in [2.24, 2.45) is 0 Å². The van der Waals surface area contributed by atoms with Crippen molar-refractivity contribution in [3.63, 3.8) is 0 Å². The molecule has 12 rings (SSSR count). The van der Waals surface area contributed by atoms with Crippen molar-refractivity contribution in [3.8, 4) is 0 Å². The second-order valence-corrected chi connectivity index (χ2v) is 16.4. The van der Waals surface area contributed by atoms with E-state index in [9.17, 15) is 0 Å². The molecule has 0 aliphatic heterocycles. The van der Waals surface area contributed by atoms with E-state index in [0.717, 1.165) is 67.1 Å². The smallest absolute Gasteiger partial charge is 0.0703 e. The Kier molecular flexibility index (Phi) is 9.12. The molecule has 300 valence electrons. The van der Waals surface area contributed by atoms with Crippen molar-refractivity contribution < 1.29 is 0 Å². The van der Waals surface area contributed by atoms with Crippen LogP contribution in [0.25, 0.3) is 77.0 Å². The molecule has 10 aromatic carbocycles. The van der Waals surface area contributed by atoms with E-state index in [1.165, 1.54) is 43.1 Å². The summed E-state index contributed by atoms with van der Waals surface area (Å²) in [6, 6.07) is 78.2. The van der Waals surface area contributed by atoms with Gasteiger partial charge in [-0.15, -0.1) is 0 Å². The zero-order valence-electron chi connectivity index (χ0n) is 34.9. The van der Waals surface area contributed by atoms with Gasteiger partial charge in [0.15, 0.2) is 0 Å². The van der Waals surface area contributed by atoms with Gasteiger partial charge in [-0.1, -0.05) is 146 Å². The summed E-state index contributed by atoms with van der Waals surface area (Å²) >= 11 is 0. The number of fused-ring (bicyclic) bond motifs is 6. The minimum atomic E-state index is 0.983. The third-order valence-electron chi connectivity index (χ3n) is 12.3. The normalized spacial score (nSPS) is 11.7. The third kappa shape index (κ3) is 7.03. The molecule has 2 aromatic heterocycles. The summed E-state index contributed by atoms with van der Waals surface area (Å²) in [5.74, 6) is 0. The van der Waals surface area contributed by atoms with Crippen molar-refractivity contribution in [3.05, 3.63) is 242 Å². The quantitative estimate of drug-likeness (QED) is 0.143. The highest BCUT2D eigenvalue weighted by Crippen LogP contribution is 2.40. The van der Waals surface area contributed by atoms with Gasteiger partial charge in [-0.25, -0.2) is 0 Å². The summed E-state index contributed by atoms with van der Waals surface area (Å²) in [5, 5.41) is 11.8. The molecule has 64 heavy (non-hydrogen) atoms. The first-order valence-electron chi connectivity index (χ1n) is 21.7. The Bertz CT molecular complexity index is 3370. The summed E-state index contributed by atoms with van der Waals surface area (Å²) < 4.78 is 0. The zero-order valence-corrected chi connectivity index (χ0v) is 34.9. The number of rotatable bonds is 8. The van der Waals surface area contributed by atoms with Gasteiger partial charge in [0.05, 0.1) is 34.8 Å². The van der Waals surface area contributed by atoms with Gasteiger partial charge in [0.1, 0.15) is 0 Å². The molecule has 0 N–H and O–H groups in total. The van der Waals surface area contributed by atoms with Gasteiger partial charge in [-0.05, 0) is 139 Å². The summed E-state index contributed by atoms with van der Waals surface area (Å²) in [4.78, 5) is 14.3. The largest absolute Gasteiger partial charge is 0.309 e. The van der Waals surface area contributed by atoms with Gasteiger partial charge in [-0.3, -0.25) is 9.97 Å². The Balaban J connectivity index is 0.848. The summed E-state index contributed by atoms with van der Waals surface area (Å²) in [6.45, 7) is 0. The highest BCUT2D eigenvalue weighted by atomic mass is 15.2. The fourth-order valence-electron chi connectivity index (χ4n) is 9.07. The van der Waals surface area contributed by atoms with Gasteiger partial charge in [-0.2, -0.15) is 0 Å². The molecule has 2 heterocycles. The van der Waals surface area contributed by atoms with Crippen LogP contribution in [0.2, 0.25) is 0 Å². The molecule has 0 spiro atoms. The molecule has 4 heteroatoms. The topological polar surface area (TPSA) is 32.3 Å². The number of para-hydroxylation sites is 2. The highest BCUT2D eigenvalue weighted by Gasteiger charge is 2.17. The van der Waals surface area contributed by atoms with Crippen LogP contribution >= 0.6 is 0 Å². The molecule has 0 aliphatic carbocycles. The van der Waals surface area contributed by atoms with Crippen LogP contribution in [0, 0.1) is 0 Å². The summed E-state index contributed by atoms with van der Waals surface area (Å²) in [5.41, 5.74) is 10.6. The minimum Gasteiger partial charge on any atom is -0.309 e. The van der Waals surface area contributed by atoms with Crippen LogP contribution in [0.1, 0.15) is 11.1 Å². The van der Waals surface area contributed by atoms with Crippen LogP contribution in [0.3, 0.4) is 0 Å². The maximum atomic E-state index is 4.85. The Morgan fingerprint density at radius 2 is 0.547 bits per heavy atom. The molecular formula is C60H40N4. The first-order valence-corrected chi connectivity index (χ1v) is 21.7. The molecule has 0 atom stereocenters. The molecular weight excluding hydrogens is 777 g/mol. The molecule has 4 nitrogen and oxygen atoms in total. The average molecular weight is 817 g/mol. The van der Waals surface area contributed by atoms with E-state index in [1.54, 1.807) is 0 Å². The van der Waals surface area contributed by atoms with Crippen LogP contribution in [0.15, 0.2) is 231 Å². The molecule has 0 aliphatic rings.